The van der Waals surface area contributed by atoms with E-state index in [0.29, 0.717) is 29.4 Å². The van der Waals surface area contributed by atoms with Crippen LogP contribution in [0.25, 0.3) is 6.08 Å². The molecule has 3 aromatic rings. The zero-order chi connectivity index (χ0) is 24.9. The van der Waals surface area contributed by atoms with Crippen molar-refractivity contribution in [1.82, 2.24) is 5.32 Å². The summed E-state index contributed by atoms with van der Waals surface area (Å²) in [5, 5.41) is 2.24. The number of halogens is 2. The van der Waals surface area contributed by atoms with Gasteiger partial charge in [-0.05, 0) is 61.5 Å². The average molecular weight is 600 g/mol. The van der Waals surface area contributed by atoms with Gasteiger partial charge in [0.25, 0.3) is 11.8 Å². The Kier molecular flexibility index (Phi) is 7.67. The lowest BCUT2D eigenvalue weighted by Crippen LogP contribution is -2.54. The molecule has 1 aliphatic heterocycles. The largest absolute Gasteiger partial charge is 0.494 e. The third-order valence-electron chi connectivity index (χ3n) is 5.12. The molecule has 35 heavy (non-hydrogen) atoms. The van der Waals surface area contributed by atoms with Gasteiger partial charge in [-0.3, -0.25) is 14.9 Å². The molecule has 0 unspecified atom stereocenters. The van der Waals surface area contributed by atoms with Crippen molar-refractivity contribution in [3.63, 3.8) is 0 Å². The van der Waals surface area contributed by atoms with Gasteiger partial charge < -0.3 is 9.47 Å². The van der Waals surface area contributed by atoms with E-state index in [9.17, 15) is 14.4 Å². The van der Waals surface area contributed by atoms with Crippen molar-refractivity contribution in [1.29, 1.82) is 0 Å². The maximum Gasteiger partial charge on any atom is 0.335 e. The predicted octanol–water partition coefficient (Wildman–Crippen LogP) is 5.86. The fourth-order valence-electron chi connectivity index (χ4n) is 3.44. The van der Waals surface area contributed by atoms with E-state index in [4.69, 9.17) is 9.47 Å². The van der Waals surface area contributed by atoms with E-state index in [1.165, 1.54) is 6.08 Å². The SMILES string of the molecule is CCOc1ccc(N2C(=O)NC(=O)/C(=C\c3cc(Br)ccc3OCc3ccccc3Br)C2=O)cc1. The normalized spacial score (nSPS) is 14.8. The third kappa shape index (κ3) is 5.63. The van der Waals surface area contributed by atoms with Crippen LogP contribution in [0.4, 0.5) is 10.5 Å². The first-order chi connectivity index (χ1) is 16.9. The monoisotopic (exact) mass is 598 g/mol. The molecule has 1 fully saturated rings. The Morgan fingerprint density at radius 1 is 0.943 bits per heavy atom. The van der Waals surface area contributed by atoms with Crippen LogP contribution in [0.5, 0.6) is 11.5 Å². The second-order valence-corrected chi connectivity index (χ2v) is 9.22. The highest BCUT2D eigenvalue weighted by atomic mass is 79.9. The molecule has 4 amide bonds. The Labute approximate surface area is 219 Å². The zero-order valence-electron chi connectivity index (χ0n) is 18.6. The Morgan fingerprint density at radius 3 is 2.40 bits per heavy atom. The van der Waals surface area contributed by atoms with E-state index in [2.05, 4.69) is 37.2 Å². The number of benzene rings is 3. The van der Waals surface area contributed by atoms with Gasteiger partial charge in [-0.15, -0.1) is 0 Å². The number of imide groups is 2. The minimum Gasteiger partial charge on any atom is -0.494 e. The third-order valence-corrected chi connectivity index (χ3v) is 6.39. The summed E-state index contributed by atoms with van der Waals surface area (Å²) in [7, 11) is 0. The number of carbonyl (C=O) groups excluding carboxylic acids is 3. The molecule has 0 aromatic heterocycles. The second kappa shape index (κ2) is 10.9. The van der Waals surface area contributed by atoms with Crippen molar-refractivity contribution in [2.24, 2.45) is 0 Å². The van der Waals surface area contributed by atoms with Crippen LogP contribution in [-0.4, -0.2) is 24.5 Å². The molecule has 7 nitrogen and oxygen atoms in total. The van der Waals surface area contributed by atoms with Crippen LogP contribution in [0, 0.1) is 0 Å². The van der Waals surface area contributed by atoms with Gasteiger partial charge in [0.05, 0.1) is 12.3 Å². The molecule has 0 bridgehead atoms. The van der Waals surface area contributed by atoms with Crippen molar-refractivity contribution >= 4 is 61.5 Å². The summed E-state index contributed by atoms with van der Waals surface area (Å²) in [6.07, 6.45) is 1.42. The second-order valence-electron chi connectivity index (χ2n) is 7.45. The van der Waals surface area contributed by atoms with Gasteiger partial charge >= 0.3 is 6.03 Å². The minimum absolute atomic E-state index is 0.192. The van der Waals surface area contributed by atoms with E-state index in [1.807, 2.05) is 31.2 Å². The molecule has 0 atom stereocenters. The quantitative estimate of drug-likeness (QED) is 0.272. The molecular weight excluding hydrogens is 580 g/mol. The minimum atomic E-state index is -0.819. The standard InChI is InChI=1S/C26H20Br2N2O5/c1-2-34-20-10-8-19(9-11-20)30-25(32)21(24(31)29-26(30)33)14-17-13-18(27)7-12-23(17)35-15-16-5-3-4-6-22(16)28/h3-14H,2,15H2,1H3,(H,29,31,33)/b21-14+. The van der Waals surface area contributed by atoms with Gasteiger partial charge in [0.2, 0.25) is 0 Å². The first-order valence-corrected chi connectivity index (χ1v) is 12.3. The van der Waals surface area contributed by atoms with Crippen molar-refractivity contribution in [3.8, 4) is 11.5 Å². The summed E-state index contributed by atoms with van der Waals surface area (Å²) in [5.41, 5.74) is 1.56. The lowest BCUT2D eigenvalue weighted by atomic mass is 10.1. The van der Waals surface area contributed by atoms with E-state index < -0.39 is 17.8 Å². The van der Waals surface area contributed by atoms with Crippen LogP contribution >= 0.6 is 31.9 Å². The lowest BCUT2D eigenvalue weighted by Gasteiger charge is -2.26. The molecule has 178 valence electrons. The number of nitrogens with one attached hydrogen (secondary N) is 1. The van der Waals surface area contributed by atoms with Crippen LogP contribution in [0.2, 0.25) is 0 Å². The average Bonchev–Trinajstić information content (AvgIpc) is 2.83. The molecule has 3 aromatic carbocycles. The van der Waals surface area contributed by atoms with E-state index in [-0.39, 0.29) is 12.2 Å². The van der Waals surface area contributed by atoms with Gasteiger partial charge in [-0.25, -0.2) is 9.69 Å². The van der Waals surface area contributed by atoms with Gasteiger partial charge in [-0.1, -0.05) is 50.1 Å². The van der Waals surface area contributed by atoms with Crippen LogP contribution in [-0.2, 0) is 16.2 Å². The summed E-state index contributed by atoms with van der Waals surface area (Å²) in [5.74, 6) is -0.436. The summed E-state index contributed by atoms with van der Waals surface area (Å²) in [6, 6.07) is 18.6. The van der Waals surface area contributed by atoms with E-state index in [0.717, 1.165) is 19.4 Å². The number of amides is 4. The number of nitrogens with zero attached hydrogens (tertiary/aromatic N) is 1. The summed E-state index contributed by atoms with van der Waals surface area (Å²) in [4.78, 5) is 39.3. The van der Waals surface area contributed by atoms with E-state index in [1.54, 1.807) is 42.5 Å². The van der Waals surface area contributed by atoms with Gasteiger partial charge in [0.1, 0.15) is 23.7 Å². The highest BCUT2D eigenvalue weighted by Gasteiger charge is 2.37. The fraction of sp³-hybridized carbons (Fsp3) is 0.115. The predicted molar refractivity (Wildman–Crippen MR) is 139 cm³/mol. The molecule has 1 saturated heterocycles. The molecule has 0 saturated carbocycles. The zero-order valence-corrected chi connectivity index (χ0v) is 21.8. The smallest absolute Gasteiger partial charge is 0.335 e. The summed E-state index contributed by atoms with van der Waals surface area (Å²) in [6.45, 7) is 2.62. The number of anilines is 1. The Morgan fingerprint density at radius 2 is 1.69 bits per heavy atom. The number of urea groups is 1. The Hall–Kier alpha value is -3.43. The highest BCUT2D eigenvalue weighted by molar-refractivity contribution is 9.10. The van der Waals surface area contributed by atoms with E-state index >= 15 is 0 Å². The molecule has 4 rings (SSSR count). The van der Waals surface area contributed by atoms with Crippen LogP contribution in [0.15, 0.2) is 81.2 Å². The number of rotatable bonds is 7. The maximum atomic E-state index is 13.3. The number of hydrogen-bond donors (Lipinski definition) is 1. The van der Waals surface area contributed by atoms with Crippen LogP contribution in [0.3, 0.4) is 0 Å². The molecular formula is C26H20Br2N2O5. The lowest BCUT2D eigenvalue weighted by molar-refractivity contribution is -0.122. The van der Waals surface area contributed by atoms with Crippen LogP contribution < -0.4 is 19.7 Å². The summed E-state index contributed by atoms with van der Waals surface area (Å²) < 4.78 is 13.1. The number of ether oxygens (including phenoxy) is 2. The topological polar surface area (TPSA) is 84.9 Å². The van der Waals surface area contributed by atoms with Gasteiger partial charge in [0.15, 0.2) is 0 Å². The Balaban J connectivity index is 1.65. The molecule has 1 heterocycles. The number of hydrogen-bond acceptors (Lipinski definition) is 5. The number of barbiturate groups is 1. The molecule has 0 aliphatic carbocycles. The van der Waals surface area contributed by atoms with Crippen molar-refractivity contribution < 1.29 is 23.9 Å². The van der Waals surface area contributed by atoms with Crippen molar-refractivity contribution in [2.75, 3.05) is 11.5 Å². The molecule has 1 N–H and O–H groups in total. The van der Waals surface area contributed by atoms with Crippen molar-refractivity contribution in [3.05, 3.63) is 92.4 Å². The van der Waals surface area contributed by atoms with Gasteiger partial charge in [0, 0.05) is 20.1 Å². The molecule has 9 heteroatoms. The fourth-order valence-corrected chi connectivity index (χ4v) is 4.22. The number of carbonyl (C=O) groups is 3. The first-order valence-electron chi connectivity index (χ1n) is 10.7. The molecule has 0 radical (unpaired) electrons. The highest BCUT2D eigenvalue weighted by Crippen LogP contribution is 2.30. The van der Waals surface area contributed by atoms with Crippen molar-refractivity contribution in [2.45, 2.75) is 13.5 Å². The van der Waals surface area contributed by atoms with Crippen LogP contribution in [0.1, 0.15) is 18.1 Å². The maximum absolute atomic E-state index is 13.3. The Bertz CT molecular complexity index is 1320. The first kappa shape index (κ1) is 24.7. The summed E-state index contributed by atoms with van der Waals surface area (Å²) >= 11 is 6.92. The van der Waals surface area contributed by atoms with Gasteiger partial charge in [-0.2, -0.15) is 0 Å². The molecule has 0 spiro atoms. The molecule has 1 aliphatic rings.